The van der Waals surface area contributed by atoms with E-state index in [0.29, 0.717) is 18.2 Å². The van der Waals surface area contributed by atoms with Gasteiger partial charge in [0.1, 0.15) is 5.69 Å². The first-order valence-electron chi connectivity index (χ1n) is 5.62. The standard InChI is InChI=1S/C12H6F8N2/c13-10(14)9-4-8(21-22-9)5-1-6(11(15,16)17)3-7(2-5)12(18,19)20/h1-4,10H,(H,21,22). The van der Waals surface area contributed by atoms with E-state index < -0.39 is 46.9 Å². The number of nitrogens with one attached hydrogen (secondary N) is 1. The summed E-state index contributed by atoms with van der Waals surface area (Å²) in [7, 11) is 0. The van der Waals surface area contributed by atoms with Gasteiger partial charge in [0.2, 0.25) is 0 Å². The van der Waals surface area contributed by atoms with E-state index in [2.05, 4.69) is 5.10 Å². The minimum Gasteiger partial charge on any atom is -0.276 e. The summed E-state index contributed by atoms with van der Waals surface area (Å²) >= 11 is 0. The van der Waals surface area contributed by atoms with Gasteiger partial charge >= 0.3 is 12.4 Å². The van der Waals surface area contributed by atoms with Crippen LogP contribution in [-0.4, -0.2) is 10.2 Å². The van der Waals surface area contributed by atoms with Crippen LogP contribution in [0.4, 0.5) is 35.1 Å². The van der Waals surface area contributed by atoms with Crippen LogP contribution in [0.1, 0.15) is 23.2 Å². The van der Waals surface area contributed by atoms with Gasteiger partial charge in [0.25, 0.3) is 6.43 Å². The lowest BCUT2D eigenvalue weighted by Crippen LogP contribution is -2.11. The number of hydrogen-bond donors (Lipinski definition) is 1. The molecule has 0 saturated carbocycles. The Morgan fingerprint density at radius 2 is 1.32 bits per heavy atom. The molecule has 1 aromatic heterocycles. The summed E-state index contributed by atoms with van der Waals surface area (Å²) in [5.41, 5.74) is -4.80. The van der Waals surface area contributed by atoms with E-state index in [9.17, 15) is 35.1 Å². The lowest BCUT2D eigenvalue weighted by molar-refractivity contribution is -0.143. The second-order valence-electron chi connectivity index (χ2n) is 4.30. The molecule has 0 spiro atoms. The summed E-state index contributed by atoms with van der Waals surface area (Å²) in [5, 5.41) is 5.17. The number of H-pyrrole nitrogens is 1. The zero-order valence-corrected chi connectivity index (χ0v) is 10.4. The maximum Gasteiger partial charge on any atom is 0.416 e. The van der Waals surface area contributed by atoms with Crippen LogP contribution in [0.15, 0.2) is 24.3 Å². The molecule has 22 heavy (non-hydrogen) atoms. The molecule has 2 aromatic rings. The van der Waals surface area contributed by atoms with E-state index in [4.69, 9.17) is 0 Å². The molecule has 0 unspecified atom stereocenters. The molecule has 0 radical (unpaired) electrons. The molecular formula is C12H6F8N2. The number of aromatic nitrogens is 2. The number of hydrogen-bond acceptors (Lipinski definition) is 1. The molecule has 0 saturated heterocycles. The fourth-order valence-electron chi connectivity index (χ4n) is 1.70. The average molecular weight is 330 g/mol. The van der Waals surface area contributed by atoms with E-state index in [1.165, 1.54) is 0 Å². The van der Waals surface area contributed by atoms with Crippen LogP contribution in [0.5, 0.6) is 0 Å². The molecule has 0 fully saturated rings. The van der Waals surface area contributed by atoms with Gasteiger partial charge < -0.3 is 0 Å². The highest BCUT2D eigenvalue weighted by atomic mass is 19.4. The van der Waals surface area contributed by atoms with Gasteiger partial charge in [-0.05, 0) is 24.3 Å². The van der Waals surface area contributed by atoms with Gasteiger partial charge in [-0.1, -0.05) is 0 Å². The van der Waals surface area contributed by atoms with Crippen molar-refractivity contribution < 1.29 is 35.1 Å². The van der Waals surface area contributed by atoms with Gasteiger partial charge in [0.15, 0.2) is 0 Å². The Morgan fingerprint density at radius 1 is 0.818 bits per heavy atom. The van der Waals surface area contributed by atoms with Crippen LogP contribution in [0.25, 0.3) is 11.3 Å². The number of benzene rings is 1. The highest BCUT2D eigenvalue weighted by Crippen LogP contribution is 2.38. The molecule has 1 heterocycles. The number of aromatic amines is 1. The second kappa shape index (κ2) is 5.25. The summed E-state index contributed by atoms with van der Waals surface area (Å²) in [6.45, 7) is 0. The van der Waals surface area contributed by atoms with Gasteiger partial charge in [-0.15, -0.1) is 0 Å². The highest BCUT2D eigenvalue weighted by molar-refractivity contribution is 5.62. The number of rotatable bonds is 2. The minimum atomic E-state index is -5.02. The molecule has 0 aliphatic rings. The smallest absolute Gasteiger partial charge is 0.276 e. The molecule has 2 nitrogen and oxygen atoms in total. The lowest BCUT2D eigenvalue weighted by Gasteiger charge is -2.13. The Morgan fingerprint density at radius 3 is 1.68 bits per heavy atom. The SMILES string of the molecule is FC(F)c1cc(-c2cc(C(F)(F)F)cc(C(F)(F)F)c2)n[nH]1. The Labute approximate surface area is 117 Å². The highest BCUT2D eigenvalue weighted by Gasteiger charge is 2.37. The summed E-state index contributed by atoms with van der Waals surface area (Å²) in [6.07, 6.45) is -13.0. The monoisotopic (exact) mass is 330 g/mol. The van der Waals surface area contributed by atoms with Crippen LogP contribution in [0.3, 0.4) is 0 Å². The van der Waals surface area contributed by atoms with Gasteiger partial charge in [-0.3, -0.25) is 5.10 Å². The van der Waals surface area contributed by atoms with E-state index in [1.54, 1.807) is 0 Å². The lowest BCUT2D eigenvalue weighted by atomic mass is 10.0. The van der Waals surface area contributed by atoms with Crippen molar-refractivity contribution in [3.05, 3.63) is 41.1 Å². The third kappa shape index (κ3) is 3.37. The maximum atomic E-state index is 12.7. The van der Waals surface area contributed by atoms with E-state index in [1.807, 2.05) is 5.10 Å². The summed E-state index contributed by atoms with van der Waals surface area (Å²) in [4.78, 5) is 0. The number of halogens is 8. The molecule has 0 atom stereocenters. The molecule has 0 aliphatic heterocycles. The van der Waals surface area contributed by atoms with Crippen LogP contribution in [0.2, 0.25) is 0 Å². The predicted molar refractivity (Wildman–Crippen MR) is 59.0 cm³/mol. The van der Waals surface area contributed by atoms with Gasteiger partial charge in [0, 0.05) is 5.56 Å². The zero-order valence-electron chi connectivity index (χ0n) is 10.4. The first-order valence-corrected chi connectivity index (χ1v) is 5.62. The van der Waals surface area contributed by atoms with Gasteiger partial charge in [0.05, 0.1) is 16.8 Å². The van der Waals surface area contributed by atoms with Crippen LogP contribution < -0.4 is 0 Å². The Kier molecular flexibility index (Phi) is 3.88. The molecule has 1 aromatic carbocycles. The van der Waals surface area contributed by atoms with Crippen molar-refractivity contribution in [2.75, 3.05) is 0 Å². The first kappa shape index (κ1) is 16.2. The van der Waals surface area contributed by atoms with Crippen LogP contribution in [0, 0.1) is 0 Å². The molecule has 0 bridgehead atoms. The second-order valence-corrected chi connectivity index (χ2v) is 4.30. The fraction of sp³-hybridized carbons (Fsp3) is 0.250. The van der Waals surface area contributed by atoms with Crippen molar-refractivity contribution in [2.45, 2.75) is 18.8 Å². The van der Waals surface area contributed by atoms with Crippen LogP contribution in [-0.2, 0) is 12.4 Å². The molecule has 120 valence electrons. The molecule has 10 heteroatoms. The normalized spacial score (nSPS) is 13.0. The molecule has 0 amide bonds. The summed E-state index contributed by atoms with van der Waals surface area (Å²) in [5.74, 6) is 0. The first-order chi connectivity index (χ1) is 9.98. The van der Waals surface area contributed by atoms with Crippen molar-refractivity contribution in [2.24, 2.45) is 0 Å². The van der Waals surface area contributed by atoms with E-state index >= 15 is 0 Å². The average Bonchev–Trinajstić information content (AvgIpc) is 2.85. The summed E-state index contributed by atoms with van der Waals surface area (Å²) < 4.78 is 101. The number of alkyl halides is 8. The van der Waals surface area contributed by atoms with Crippen molar-refractivity contribution >= 4 is 0 Å². The molecular weight excluding hydrogens is 324 g/mol. The predicted octanol–water partition coefficient (Wildman–Crippen LogP) is 5.05. The molecule has 1 N–H and O–H groups in total. The maximum absolute atomic E-state index is 12.7. The number of nitrogens with zero attached hydrogens (tertiary/aromatic N) is 1. The zero-order chi connectivity index (χ0) is 16.7. The molecule has 2 rings (SSSR count). The minimum absolute atomic E-state index is 0.0514. The van der Waals surface area contributed by atoms with E-state index in [-0.39, 0.29) is 6.07 Å². The topological polar surface area (TPSA) is 28.7 Å². The third-order valence-electron chi connectivity index (χ3n) is 2.72. The Balaban J connectivity index is 2.59. The largest absolute Gasteiger partial charge is 0.416 e. The summed E-state index contributed by atoms with van der Waals surface area (Å²) in [6, 6.07) is 1.48. The fourth-order valence-corrected chi connectivity index (χ4v) is 1.70. The van der Waals surface area contributed by atoms with Crippen molar-refractivity contribution in [3.8, 4) is 11.3 Å². The van der Waals surface area contributed by atoms with Crippen molar-refractivity contribution in [1.29, 1.82) is 0 Å². The Bertz CT molecular complexity index is 636. The van der Waals surface area contributed by atoms with Crippen molar-refractivity contribution in [3.63, 3.8) is 0 Å². The van der Waals surface area contributed by atoms with Crippen LogP contribution >= 0.6 is 0 Å². The van der Waals surface area contributed by atoms with Gasteiger partial charge in [-0.2, -0.15) is 31.4 Å². The quantitative estimate of drug-likeness (QED) is 0.767. The van der Waals surface area contributed by atoms with Crippen molar-refractivity contribution in [1.82, 2.24) is 10.2 Å². The Hall–Kier alpha value is -2.13. The third-order valence-corrected chi connectivity index (χ3v) is 2.72. The molecule has 0 aliphatic carbocycles. The van der Waals surface area contributed by atoms with E-state index in [0.717, 1.165) is 0 Å². The van der Waals surface area contributed by atoms with Gasteiger partial charge in [-0.25, -0.2) is 8.78 Å².